The molecular weight excluding hydrogens is 510 g/mol. The number of anilines is 1. The van der Waals surface area contributed by atoms with Gasteiger partial charge in [0, 0.05) is 49.6 Å². The van der Waals surface area contributed by atoms with Crippen molar-refractivity contribution in [3.05, 3.63) is 47.6 Å². The van der Waals surface area contributed by atoms with Crippen LogP contribution in [0.4, 0.5) is 5.69 Å². The molecule has 5 rings (SSSR count). The van der Waals surface area contributed by atoms with Gasteiger partial charge in [-0.25, -0.2) is 4.98 Å². The van der Waals surface area contributed by atoms with E-state index in [9.17, 15) is 9.59 Å². The van der Waals surface area contributed by atoms with Gasteiger partial charge >= 0.3 is 0 Å². The molecule has 3 aromatic rings. The number of methoxy groups -OCH3 is 1. The number of ether oxygens (including phenoxy) is 1. The lowest BCUT2D eigenvalue weighted by molar-refractivity contribution is -0.116. The molecular formula is C30H37N5O3S. The smallest absolute Gasteiger partial charge is 0.257 e. The van der Waals surface area contributed by atoms with Gasteiger partial charge in [-0.1, -0.05) is 19.4 Å². The lowest BCUT2D eigenvalue weighted by Crippen LogP contribution is -2.46. The van der Waals surface area contributed by atoms with E-state index in [2.05, 4.69) is 22.1 Å². The van der Waals surface area contributed by atoms with Gasteiger partial charge in [0.25, 0.3) is 5.91 Å². The number of carbonyl (C=O) groups excluding carboxylic acids is 2. The molecule has 1 saturated heterocycles. The van der Waals surface area contributed by atoms with Crippen LogP contribution in [0.3, 0.4) is 0 Å². The maximum atomic E-state index is 13.5. The van der Waals surface area contributed by atoms with Crippen molar-refractivity contribution in [2.24, 2.45) is 0 Å². The molecule has 1 N–H and O–H groups in total. The topological polar surface area (TPSA) is 87.7 Å². The molecule has 39 heavy (non-hydrogen) atoms. The molecule has 0 bridgehead atoms. The molecule has 1 aliphatic carbocycles. The largest absolute Gasteiger partial charge is 0.496 e. The summed E-state index contributed by atoms with van der Waals surface area (Å²) in [4.78, 5) is 40.1. The van der Waals surface area contributed by atoms with Crippen LogP contribution in [-0.2, 0) is 4.79 Å². The van der Waals surface area contributed by atoms with Gasteiger partial charge in [0.15, 0.2) is 0 Å². The second-order valence-corrected chi connectivity index (χ2v) is 11.4. The molecule has 2 aliphatic rings. The number of piperidine rings is 1. The predicted molar refractivity (Wildman–Crippen MR) is 155 cm³/mol. The van der Waals surface area contributed by atoms with Crippen molar-refractivity contribution in [1.82, 2.24) is 19.8 Å². The molecule has 2 amide bonds. The van der Waals surface area contributed by atoms with Crippen molar-refractivity contribution in [2.45, 2.75) is 64.0 Å². The summed E-state index contributed by atoms with van der Waals surface area (Å²) >= 11 is 1.51. The van der Waals surface area contributed by atoms with Crippen LogP contribution in [0.2, 0.25) is 0 Å². The molecule has 0 spiro atoms. The summed E-state index contributed by atoms with van der Waals surface area (Å²) < 4.78 is 5.66. The van der Waals surface area contributed by atoms with Gasteiger partial charge in [-0.3, -0.25) is 14.6 Å². The average Bonchev–Trinajstić information content (AvgIpc) is 3.73. The fourth-order valence-corrected chi connectivity index (χ4v) is 5.98. The van der Waals surface area contributed by atoms with Crippen LogP contribution in [0.25, 0.3) is 21.8 Å². The zero-order valence-corrected chi connectivity index (χ0v) is 23.8. The minimum Gasteiger partial charge on any atom is -0.496 e. The Balaban J connectivity index is 1.28. The zero-order chi connectivity index (χ0) is 27.4. The number of carbonyl (C=O) groups is 2. The van der Waals surface area contributed by atoms with Gasteiger partial charge in [0.2, 0.25) is 5.91 Å². The zero-order valence-electron chi connectivity index (χ0n) is 23.0. The minimum atomic E-state index is -0.0183. The number of amides is 2. The van der Waals surface area contributed by atoms with Crippen LogP contribution in [-0.4, -0.2) is 70.9 Å². The van der Waals surface area contributed by atoms with E-state index in [0.29, 0.717) is 23.4 Å². The summed E-state index contributed by atoms with van der Waals surface area (Å²) in [5.41, 5.74) is 3.56. The number of thiophene rings is 1. The third-order valence-corrected chi connectivity index (χ3v) is 8.64. The molecule has 2 fully saturated rings. The Morgan fingerprint density at radius 2 is 1.90 bits per heavy atom. The van der Waals surface area contributed by atoms with Gasteiger partial charge in [-0.15, -0.1) is 11.3 Å². The number of hydrogen-bond acceptors (Lipinski definition) is 7. The second-order valence-electron chi connectivity index (χ2n) is 10.5. The first-order chi connectivity index (χ1) is 19.0. The van der Waals surface area contributed by atoms with Gasteiger partial charge in [-0.05, 0) is 50.3 Å². The molecule has 0 radical (unpaired) electrons. The Kier molecular flexibility index (Phi) is 8.57. The van der Waals surface area contributed by atoms with E-state index >= 15 is 0 Å². The van der Waals surface area contributed by atoms with Crippen molar-refractivity contribution >= 4 is 28.8 Å². The third-order valence-electron chi connectivity index (χ3n) is 7.69. The number of likely N-dealkylation sites (tertiary alicyclic amines) is 1. The summed E-state index contributed by atoms with van der Waals surface area (Å²) in [6, 6.07) is 8.54. The maximum Gasteiger partial charge on any atom is 0.257 e. The van der Waals surface area contributed by atoms with Crippen molar-refractivity contribution < 1.29 is 14.3 Å². The first-order valence-electron chi connectivity index (χ1n) is 13.9. The van der Waals surface area contributed by atoms with Gasteiger partial charge in [-0.2, -0.15) is 0 Å². The molecule has 2 aromatic heterocycles. The number of nitrogens with zero attached hydrogens (tertiary/aromatic N) is 4. The predicted octanol–water partition coefficient (Wildman–Crippen LogP) is 5.71. The molecule has 206 valence electrons. The quantitative estimate of drug-likeness (QED) is 0.350. The van der Waals surface area contributed by atoms with Crippen LogP contribution in [0.5, 0.6) is 5.75 Å². The van der Waals surface area contributed by atoms with E-state index in [4.69, 9.17) is 9.72 Å². The Bertz CT molecular complexity index is 1310. The molecule has 3 heterocycles. The highest BCUT2D eigenvalue weighted by atomic mass is 32.1. The molecule has 1 saturated carbocycles. The number of aromatic nitrogens is 2. The Hall–Kier alpha value is -3.30. The molecule has 0 atom stereocenters. The van der Waals surface area contributed by atoms with Gasteiger partial charge in [0.05, 0.1) is 47.0 Å². The van der Waals surface area contributed by atoms with E-state index in [1.165, 1.54) is 24.2 Å². The van der Waals surface area contributed by atoms with Crippen molar-refractivity contribution in [2.75, 3.05) is 32.6 Å². The lowest BCUT2D eigenvalue weighted by atomic mass is 10.0. The van der Waals surface area contributed by atoms with Gasteiger partial charge in [0.1, 0.15) is 5.75 Å². The van der Waals surface area contributed by atoms with Crippen LogP contribution >= 0.6 is 11.3 Å². The fourth-order valence-electron chi connectivity index (χ4n) is 5.18. The third kappa shape index (κ3) is 6.47. The summed E-state index contributed by atoms with van der Waals surface area (Å²) in [6.45, 7) is 4.20. The van der Waals surface area contributed by atoms with E-state index in [1.807, 2.05) is 41.6 Å². The van der Waals surface area contributed by atoms with Crippen molar-refractivity contribution in [3.63, 3.8) is 0 Å². The molecule has 0 unspecified atom stereocenters. The first-order valence-corrected chi connectivity index (χ1v) is 14.7. The van der Waals surface area contributed by atoms with E-state index in [0.717, 1.165) is 66.6 Å². The summed E-state index contributed by atoms with van der Waals surface area (Å²) in [5.74, 6) is 0.535. The molecule has 1 aromatic carbocycles. The van der Waals surface area contributed by atoms with Crippen molar-refractivity contribution in [3.8, 4) is 27.6 Å². The van der Waals surface area contributed by atoms with E-state index < -0.39 is 0 Å². The second kappa shape index (κ2) is 12.3. The maximum absolute atomic E-state index is 13.5. The molecule has 1 aliphatic heterocycles. The monoisotopic (exact) mass is 547 g/mol. The SMILES string of the molecule is CCCCC(=O)Nc1csc(-c2cncc(-c3ccc(C(=O)N(C)C4CCN(C5CC5)CC4)c(OC)c3)n2)c1. The average molecular weight is 548 g/mol. The first kappa shape index (κ1) is 27.3. The highest BCUT2D eigenvalue weighted by Gasteiger charge is 2.34. The lowest BCUT2D eigenvalue weighted by Gasteiger charge is -2.37. The highest BCUT2D eigenvalue weighted by Crippen LogP contribution is 2.33. The Morgan fingerprint density at radius 1 is 1.13 bits per heavy atom. The molecule has 9 heteroatoms. The van der Waals surface area contributed by atoms with E-state index in [-0.39, 0.29) is 17.9 Å². The standard InChI is InChI=1S/C30H37N5O3S/c1-4-5-6-29(36)32-21-16-28(39-19-21)26-18-31-17-25(33-26)20-7-10-24(27(15-20)38-3)30(37)34(2)22-11-13-35(14-12-22)23-8-9-23/h7,10,15-19,22-23H,4-6,8-9,11-14H2,1-3H3,(H,32,36). The van der Waals surface area contributed by atoms with Crippen LogP contribution < -0.4 is 10.1 Å². The number of nitrogens with one attached hydrogen (secondary N) is 1. The Morgan fingerprint density at radius 3 is 2.62 bits per heavy atom. The number of benzene rings is 1. The van der Waals surface area contributed by atoms with Crippen molar-refractivity contribution in [1.29, 1.82) is 0 Å². The van der Waals surface area contributed by atoms with Crippen LogP contribution in [0.1, 0.15) is 62.2 Å². The summed E-state index contributed by atoms with van der Waals surface area (Å²) in [5, 5.41) is 4.88. The minimum absolute atomic E-state index is 0.0183. The summed E-state index contributed by atoms with van der Waals surface area (Å²) in [6.07, 6.45) is 10.5. The normalized spacial score (nSPS) is 16.2. The number of rotatable bonds is 10. The number of hydrogen-bond donors (Lipinski definition) is 1. The molecule has 8 nitrogen and oxygen atoms in total. The highest BCUT2D eigenvalue weighted by molar-refractivity contribution is 7.14. The van der Waals surface area contributed by atoms with Crippen LogP contribution in [0.15, 0.2) is 42.0 Å². The van der Waals surface area contributed by atoms with Crippen LogP contribution in [0, 0.1) is 0 Å². The van der Waals surface area contributed by atoms with E-state index in [1.54, 1.807) is 19.5 Å². The number of unbranched alkanes of at least 4 members (excludes halogenated alkanes) is 1. The van der Waals surface area contributed by atoms with Gasteiger partial charge < -0.3 is 19.9 Å². The Labute approximate surface area is 234 Å². The fraction of sp³-hybridized carbons (Fsp3) is 0.467. The summed E-state index contributed by atoms with van der Waals surface area (Å²) in [7, 11) is 3.50.